The van der Waals surface area contributed by atoms with Crippen LogP contribution in [0.25, 0.3) is 0 Å². The highest BCUT2D eigenvalue weighted by Crippen LogP contribution is 2.21. The van der Waals surface area contributed by atoms with Crippen LogP contribution in [0.15, 0.2) is 24.3 Å². The molecule has 0 spiro atoms. The quantitative estimate of drug-likeness (QED) is 0.755. The van der Waals surface area contributed by atoms with E-state index in [1.54, 1.807) is 11.3 Å². The number of hydrogen-bond acceptors (Lipinski definition) is 4. The highest BCUT2D eigenvalue weighted by Gasteiger charge is 2.07. The number of rotatable bonds is 8. The van der Waals surface area contributed by atoms with Gasteiger partial charge in [0, 0.05) is 17.9 Å². The molecule has 1 aromatic carbocycles. The van der Waals surface area contributed by atoms with Crippen LogP contribution in [0.5, 0.6) is 0 Å². The van der Waals surface area contributed by atoms with E-state index in [0.717, 1.165) is 53.0 Å². The summed E-state index contributed by atoms with van der Waals surface area (Å²) in [6.07, 6.45) is 4.06. The van der Waals surface area contributed by atoms with Gasteiger partial charge in [0.25, 0.3) is 0 Å². The van der Waals surface area contributed by atoms with E-state index in [1.165, 1.54) is 6.42 Å². The van der Waals surface area contributed by atoms with Gasteiger partial charge in [-0.05, 0) is 37.6 Å². The zero-order valence-corrected chi connectivity index (χ0v) is 13.3. The van der Waals surface area contributed by atoms with Crippen molar-refractivity contribution in [2.45, 2.75) is 32.6 Å². The molecule has 2 aromatic rings. The van der Waals surface area contributed by atoms with E-state index < -0.39 is 0 Å². The first kappa shape index (κ1) is 15.4. The van der Waals surface area contributed by atoms with Gasteiger partial charge in [-0.2, -0.15) is 0 Å². The first-order valence-corrected chi connectivity index (χ1v) is 8.24. The number of nitrogens with zero attached hydrogens (tertiary/aromatic N) is 2. The molecule has 1 aromatic heterocycles. The summed E-state index contributed by atoms with van der Waals surface area (Å²) in [4.78, 5) is 0. The van der Waals surface area contributed by atoms with Crippen molar-refractivity contribution in [2.24, 2.45) is 0 Å². The number of aromatic nitrogens is 2. The third kappa shape index (κ3) is 4.85. The first-order valence-electron chi connectivity index (χ1n) is 7.05. The van der Waals surface area contributed by atoms with Crippen LogP contribution in [0, 0.1) is 0 Å². The Kier molecular flexibility index (Phi) is 6.43. The molecule has 0 unspecified atom stereocenters. The van der Waals surface area contributed by atoms with Gasteiger partial charge < -0.3 is 5.32 Å². The molecule has 0 radical (unpaired) electrons. The molecule has 0 aliphatic rings. The van der Waals surface area contributed by atoms with Crippen LogP contribution in [-0.2, 0) is 12.8 Å². The zero-order valence-electron chi connectivity index (χ0n) is 11.7. The van der Waals surface area contributed by atoms with Gasteiger partial charge in [-0.15, -0.1) is 21.5 Å². The molecule has 1 heterocycles. The molecular formula is C15H20ClN3S. The van der Waals surface area contributed by atoms with E-state index in [9.17, 15) is 0 Å². The van der Waals surface area contributed by atoms with Gasteiger partial charge in [0.15, 0.2) is 0 Å². The minimum atomic E-state index is 0.769. The van der Waals surface area contributed by atoms with Gasteiger partial charge in [0.05, 0.1) is 0 Å². The molecular weight excluding hydrogens is 290 g/mol. The molecule has 0 saturated carbocycles. The van der Waals surface area contributed by atoms with E-state index in [0.29, 0.717) is 0 Å². The van der Waals surface area contributed by atoms with Crippen molar-refractivity contribution in [3.63, 3.8) is 0 Å². The van der Waals surface area contributed by atoms with Gasteiger partial charge in [0.2, 0.25) is 0 Å². The Balaban J connectivity index is 1.82. The van der Waals surface area contributed by atoms with Crippen LogP contribution in [0.4, 0.5) is 0 Å². The van der Waals surface area contributed by atoms with Crippen LogP contribution in [0.2, 0.25) is 5.02 Å². The summed E-state index contributed by atoms with van der Waals surface area (Å²) in [5, 5.41) is 14.9. The maximum absolute atomic E-state index is 6.16. The number of halogens is 1. The van der Waals surface area contributed by atoms with Gasteiger partial charge in [-0.1, -0.05) is 36.7 Å². The first-order chi connectivity index (χ1) is 9.79. The van der Waals surface area contributed by atoms with E-state index in [4.69, 9.17) is 11.6 Å². The van der Waals surface area contributed by atoms with Gasteiger partial charge in [-0.25, -0.2) is 0 Å². The fourth-order valence-electron chi connectivity index (χ4n) is 1.93. The Morgan fingerprint density at radius 3 is 2.75 bits per heavy atom. The molecule has 0 atom stereocenters. The van der Waals surface area contributed by atoms with Crippen LogP contribution in [-0.4, -0.2) is 23.3 Å². The average molecular weight is 310 g/mol. The second-order valence-electron chi connectivity index (χ2n) is 4.71. The van der Waals surface area contributed by atoms with Gasteiger partial charge in [0.1, 0.15) is 10.0 Å². The van der Waals surface area contributed by atoms with Gasteiger partial charge in [-0.3, -0.25) is 0 Å². The molecule has 0 aliphatic carbocycles. The molecule has 2 rings (SSSR count). The van der Waals surface area contributed by atoms with Crippen LogP contribution in [0.1, 0.15) is 35.3 Å². The van der Waals surface area contributed by atoms with Crippen LogP contribution in [0.3, 0.4) is 0 Å². The summed E-state index contributed by atoms with van der Waals surface area (Å²) < 4.78 is 0. The van der Waals surface area contributed by atoms with E-state index in [1.807, 2.05) is 24.3 Å². The number of nitrogens with one attached hydrogen (secondary N) is 1. The Hall–Kier alpha value is -0.970. The Bertz CT molecular complexity index is 527. The summed E-state index contributed by atoms with van der Waals surface area (Å²) in [5.41, 5.74) is 1.11. The fourth-order valence-corrected chi connectivity index (χ4v) is 3.04. The summed E-state index contributed by atoms with van der Waals surface area (Å²) in [7, 11) is 0. The third-order valence-electron chi connectivity index (χ3n) is 2.98. The van der Waals surface area contributed by atoms with E-state index in [2.05, 4.69) is 22.4 Å². The largest absolute Gasteiger partial charge is 0.317 e. The lowest BCUT2D eigenvalue weighted by atomic mass is 10.2. The van der Waals surface area contributed by atoms with Gasteiger partial charge >= 0.3 is 0 Å². The molecule has 108 valence electrons. The molecule has 3 nitrogen and oxygen atoms in total. The summed E-state index contributed by atoms with van der Waals surface area (Å²) in [6, 6.07) is 7.90. The average Bonchev–Trinajstić information content (AvgIpc) is 2.89. The third-order valence-corrected chi connectivity index (χ3v) is 4.33. The zero-order chi connectivity index (χ0) is 14.2. The second kappa shape index (κ2) is 8.35. The number of benzene rings is 1. The maximum atomic E-state index is 6.16. The lowest BCUT2D eigenvalue weighted by Crippen LogP contribution is -2.16. The number of aryl methyl sites for hydroxylation is 1. The molecule has 0 bridgehead atoms. The smallest absolute Gasteiger partial charge is 0.121 e. The highest BCUT2D eigenvalue weighted by atomic mass is 35.5. The minimum Gasteiger partial charge on any atom is -0.317 e. The normalized spacial score (nSPS) is 10.9. The molecule has 0 fully saturated rings. The van der Waals surface area contributed by atoms with Crippen molar-refractivity contribution in [1.82, 2.24) is 15.5 Å². The maximum Gasteiger partial charge on any atom is 0.121 e. The predicted octanol–water partition coefficient (Wildman–Crippen LogP) is 3.71. The Morgan fingerprint density at radius 2 is 1.95 bits per heavy atom. The van der Waals surface area contributed by atoms with Crippen molar-refractivity contribution in [1.29, 1.82) is 0 Å². The van der Waals surface area contributed by atoms with Crippen molar-refractivity contribution < 1.29 is 0 Å². The lowest BCUT2D eigenvalue weighted by Gasteiger charge is -2.00. The van der Waals surface area contributed by atoms with E-state index in [-0.39, 0.29) is 0 Å². The molecule has 0 amide bonds. The minimum absolute atomic E-state index is 0.769. The van der Waals surface area contributed by atoms with Crippen molar-refractivity contribution in [3.8, 4) is 0 Å². The molecule has 20 heavy (non-hydrogen) atoms. The van der Waals surface area contributed by atoms with Crippen molar-refractivity contribution >= 4 is 22.9 Å². The van der Waals surface area contributed by atoms with Crippen molar-refractivity contribution in [2.75, 3.05) is 13.1 Å². The molecule has 1 N–H and O–H groups in total. The molecule has 0 aliphatic heterocycles. The topological polar surface area (TPSA) is 37.8 Å². The lowest BCUT2D eigenvalue weighted by molar-refractivity contribution is 0.637. The Morgan fingerprint density at radius 1 is 1.15 bits per heavy atom. The SMILES string of the molecule is CCCNCCCc1nnc(Cc2ccccc2Cl)s1. The highest BCUT2D eigenvalue weighted by molar-refractivity contribution is 7.11. The summed E-state index contributed by atoms with van der Waals surface area (Å²) in [6.45, 7) is 4.32. The van der Waals surface area contributed by atoms with Crippen LogP contribution < -0.4 is 5.32 Å². The van der Waals surface area contributed by atoms with Crippen LogP contribution >= 0.6 is 22.9 Å². The number of hydrogen-bond donors (Lipinski definition) is 1. The second-order valence-corrected chi connectivity index (χ2v) is 6.27. The summed E-state index contributed by atoms with van der Waals surface area (Å²) in [5.74, 6) is 0. The monoisotopic (exact) mass is 309 g/mol. The van der Waals surface area contributed by atoms with E-state index >= 15 is 0 Å². The summed E-state index contributed by atoms with van der Waals surface area (Å²) >= 11 is 7.85. The molecule has 0 saturated heterocycles. The van der Waals surface area contributed by atoms with Crippen molar-refractivity contribution in [3.05, 3.63) is 44.9 Å². The standard InChI is InChI=1S/C15H20ClN3S/c1-2-9-17-10-5-8-14-18-19-15(20-14)11-12-6-3-4-7-13(12)16/h3-4,6-7,17H,2,5,8-11H2,1H3. The predicted molar refractivity (Wildman–Crippen MR) is 85.6 cm³/mol. The molecule has 5 heteroatoms. The fraction of sp³-hybridized carbons (Fsp3) is 0.467. The Labute approximate surface area is 129 Å².